The van der Waals surface area contributed by atoms with Gasteiger partial charge in [-0.2, -0.15) is 0 Å². The van der Waals surface area contributed by atoms with Gasteiger partial charge in [-0.15, -0.1) is 0 Å². The van der Waals surface area contributed by atoms with Crippen LogP contribution in [0, 0.1) is 0 Å². The van der Waals surface area contributed by atoms with E-state index in [-0.39, 0.29) is 5.91 Å². The van der Waals surface area contributed by atoms with Crippen LogP contribution in [0.2, 0.25) is 0 Å². The van der Waals surface area contributed by atoms with Crippen LogP contribution in [0.4, 0.5) is 0 Å². The molecule has 0 aromatic rings. The van der Waals surface area contributed by atoms with Gasteiger partial charge in [0, 0.05) is 18.6 Å². The van der Waals surface area contributed by atoms with Crippen molar-refractivity contribution in [2.45, 2.75) is 38.3 Å². The summed E-state index contributed by atoms with van der Waals surface area (Å²) in [4.78, 5) is 11.1. The van der Waals surface area contributed by atoms with Gasteiger partial charge in [-0.05, 0) is 26.2 Å². The number of nitrogens with two attached hydrogens (primary N) is 1. The quantitative estimate of drug-likeness (QED) is 0.558. The largest absolute Gasteiger partial charge is 0.355 e. The van der Waals surface area contributed by atoms with Crippen molar-refractivity contribution < 1.29 is 4.79 Å². The van der Waals surface area contributed by atoms with Crippen molar-refractivity contribution in [1.29, 1.82) is 0 Å². The fourth-order valence-electron chi connectivity index (χ4n) is 1.70. The van der Waals surface area contributed by atoms with Gasteiger partial charge in [0.2, 0.25) is 5.91 Å². The van der Waals surface area contributed by atoms with Crippen molar-refractivity contribution in [2.75, 3.05) is 13.1 Å². The van der Waals surface area contributed by atoms with Crippen LogP contribution >= 0.6 is 0 Å². The first-order chi connectivity index (χ1) is 6.22. The molecule has 1 fully saturated rings. The first-order valence-corrected chi connectivity index (χ1v) is 4.98. The molecule has 0 bridgehead atoms. The summed E-state index contributed by atoms with van der Waals surface area (Å²) < 4.78 is 0. The SMILES string of the molecule is CCNC(=O)CNC1CCC(N)C1. The van der Waals surface area contributed by atoms with Crippen LogP contribution in [-0.4, -0.2) is 31.1 Å². The molecule has 1 rings (SSSR count). The molecule has 4 nitrogen and oxygen atoms in total. The Bertz CT molecular complexity index is 172. The van der Waals surface area contributed by atoms with Gasteiger partial charge in [-0.3, -0.25) is 4.79 Å². The number of nitrogens with one attached hydrogen (secondary N) is 2. The highest BCUT2D eigenvalue weighted by Crippen LogP contribution is 2.16. The molecule has 0 heterocycles. The molecule has 4 heteroatoms. The summed E-state index contributed by atoms with van der Waals surface area (Å²) in [7, 11) is 0. The minimum atomic E-state index is 0.0722. The lowest BCUT2D eigenvalue weighted by atomic mass is 10.2. The summed E-state index contributed by atoms with van der Waals surface area (Å²) in [6.45, 7) is 3.04. The second-order valence-electron chi connectivity index (χ2n) is 3.60. The number of hydrogen-bond donors (Lipinski definition) is 3. The van der Waals surface area contributed by atoms with Gasteiger partial charge in [0.1, 0.15) is 0 Å². The van der Waals surface area contributed by atoms with Crippen LogP contribution < -0.4 is 16.4 Å². The molecule has 1 amide bonds. The molecule has 2 unspecified atom stereocenters. The van der Waals surface area contributed by atoms with Gasteiger partial charge < -0.3 is 16.4 Å². The highest BCUT2D eigenvalue weighted by atomic mass is 16.1. The van der Waals surface area contributed by atoms with E-state index in [1.807, 2.05) is 6.92 Å². The normalized spacial score (nSPS) is 27.5. The minimum Gasteiger partial charge on any atom is -0.355 e. The lowest BCUT2D eigenvalue weighted by Gasteiger charge is -2.11. The van der Waals surface area contributed by atoms with Crippen molar-refractivity contribution in [3.05, 3.63) is 0 Å². The molecule has 0 aromatic heterocycles. The topological polar surface area (TPSA) is 67.2 Å². The monoisotopic (exact) mass is 185 g/mol. The molecule has 0 aliphatic heterocycles. The van der Waals surface area contributed by atoms with E-state index in [0.717, 1.165) is 19.3 Å². The highest BCUT2D eigenvalue weighted by molar-refractivity contribution is 5.77. The van der Waals surface area contributed by atoms with E-state index in [9.17, 15) is 4.79 Å². The first kappa shape index (κ1) is 10.5. The molecule has 4 N–H and O–H groups in total. The Balaban J connectivity index is 2.09. The number of carbonyl (C=O) groups excluding carboxylic acids is 1. The second kappa shape index (κ2) is 5.19. The molecular formula is C9H19N3O. The van der Waals surface area contributed by atoms with Crippen LogP contribution in [0.25, 0.3) is 0 Å². The van der Waals surface area contributed by atoms with Crippen molar-refractivity contribution >= 4 is 5.91 Å². The van der Waals surface area contributed by atoms with Gasteiger partial charge in [0.05, 0.1) is 6.54 Å². The van der Waals surface area contributed by atoms with Gasteiger partial charge in [0.25, 0.3) is 0 Å². The summed E-state index contributed by atoms with van der Waals surface area (Å²) in [5.74, 6) is 0.0722. The molecule has 0 spiro atoms. The van der Waals surface area contributed by atoms with Crippen LogP contribution in [0.3, 0.4) is 0 Å². The average molecular weight is 185 g/mol. The van der Waals surface area contributed by atoms with E-state index in [4.69, 9.17) is 5.73 Å². The number of amides is 1. The van der Waals surface area contributed by atoms with Crippen molar-refractivity contribution in [1.82, 2.24) is 10.6 Å². The third-order valence-corrected chi connectivity index (χ3v) is 2.40. The Labute approximate surface area is 79.3 Å². The van der Waals surface area contributed by atoms with Crippen molar-refractivity contribution in [3.63, 3.8) is 0 Å². The molecule has 1 aliphatic rings. The first-order valence-electron chi connectivity index (χ1n) is 4.98. The Kier molecular flexibility index (Phi) is 4.18. The molecule has 0 saturated heterocycles. The summed E-state index contributed by atoms with van der Waals surface area (Å²) >= 11 is 0. The van der Waals surface area contributed by atoms with Crippen LogP contribution in [-0.2, 0) is 4.79 Å². The smallest absolute Gasteiger partial charge is 0.233 e. The fraction of sp³-hybridized carbons (Fsp3) is 0.889. The highest BCUT2D eigenvalue weighted by Gasteiger charge is 2.21. The maximum Gasteiger partial charge on any atom is 0.233 e. The van der Waals surface area contributed by atoms with Crippen molar-refractivity contribution in [3.8, 4) is 0 Å². The Hall–Kier alpha value is -0.610. The number of hydrogen-bond acceptors (Lipinski definition) is 3. The third-order valence-electron chi connectivity index (χ3n) is 2.40. The molecular weight excluding hydrogens is 166 g/mol. The summed E-state index contributed by atoms with van der Waals surface area (Å²) in [6, 6.07) is 0.768. The van der Waals surface area contributed by atoms with Gasteiger partial charge in [0.15, 0.2) is 0 Å². The zero-order valence-corrected chi connectivity index (χ0v) is 8.18. The predicted octanol–water partition coefficient (Wildman–Crippen LogP) is -0.408. The van der Waals surface area contributed by atoms with E-state index in [0.29, 0.717) is 25.2 Å². The zero-order valence-electron chi connectivity index (χ0n) is 8.18. The molecule has 0 radical (unpaired) electrons. The van der Waals surface area contributed by atoms with Gasteiger partial charge in [-0.25, -0.2) is 0 Å². The predicted molar refractivity (Wildman–Crippen MR) is 52.3 cm³/mol. The van der Waals surface area contributed by atoms with E-state index in [1.54, 1.807) is 0 Å². The molecule has 1 saturated carbocycles. The van der Waals surface area contributed by atoms with Crippen molar-refractivity contribution in [2.24, 2.45) is 5.73 Å². The minimum absolute atomic E-state index is 0.0722. The molecule has 1 aliphatic carbocycles. The zero-order chi connectivity index (χ0) is 9.68. The second-order valence-corrected chi connectivity index (χ2v) is 3.60. The van der Waals surface area contributed by atoms with E-state index in [2.05, 4.69) is 10.6 Å². The standard InChI is InChI=1S/C9H19N3O/c1-2-11-9(13)6-12-8-4-3-7(10)5-8/h7-8,12H,2-6,10H2,1H3,(H,11,13). The maximum atomic E-state index is 11.1. The number of rotatable bonds is 4. The molecule has 2 atom stereocenters. The molecule has 0 aromatic carbocycles. The Morgan fingerprint density at radius 1 is 1.54 bits per heavy atom. The third kappa shape index (κ3) is 3.74. The fourth-order valence-corrected chi connectivity index (χ4v) is 1.70. The van der Waals surface area contributed by atoms with E-state index >= 15 is 0 Å². The lowest BCUT2D eigenvalue weighted by molar-refractivity contribution is -0.120. The Morgan fingerprint density at radius 2 is 2.31 bits per heavy atom. The van der Waals surface area contributed by atoms with E-state index in [1.165, 1.54) is 0 Å². The van der Waals surface area contributed by atoms with Gasteiger partial charge >= 0.3 is 0 Å². The van der Waals surface area contributed by atoms with Crippen LogP contribution in [0.5, 0.6) is 0 Å². The number of carbonyl (C=O) groups is 1. The average Bonchev–Trinajstić information content (AvgIpc) is 2.49. The summed E-state index contributed by atoms with van der Waals surface area (Å²) in [5.41, 5.74) is 5.75. The van der Waals surface area contributed by atoms with Gasteiger partial charge in [-0.1, -0.05) is 0 Å². The summed E-state index contributed by atoms with van der Waals surface area (Å²) in [6.07, 6.45) is 3.17. The van der Waals surface area contributed by atoms with E-state index < -0.39 is 0 Å². The lowest BCUT2D eigenvalue weighted by Crippen LogP contribution is -2.38. The Morgan fingerprint density at radius 3 is 2.85 bits per heavy atom. The summed E-state index contributed by atoms with van der Waals surface area (Å²) in [5, 5.41) is 5.95. The van der Waals surface area contributed by atoms with Crippen LogP contribution in [0.1, 0.15) is 26.2 Å². The number of likely N-dealkylation sites (N-methyl/N-ethyl adjacent to an activating group) is 1. The molecule has 76 valence electrons. The molecule has 13 heavy (non-hydrogen) atoms. The maximum absolute atomic E-state index is 11.1. The van der Waals surface area contributed by atoms with Crippen LogP contribution in [0.15, 0.2) is 0 Å².